The highest BCUT2D eigenvalue weighted by Crippen LogP contribution is 2.32. The van der Waals surface area contributed by atoms with Crippen molar-refractivity contribution in [2.75, 3.05) is 12.4 Å². The molecule has 1 aromatic carbocycles. The third kappa shape index (κ3) is 5.11. The average Bonchev–Trinajstić information content (AvgIpc) is 3.22. The molecule has 1 amide bonds. The summed E-state index contributed by atoms with van der Waals surface area (Å²) < 4.78 is 42.0. The molecule has 3 rings (SSSR count). The van der Waals surface area contributed by atoms with E-state index < -0.39 is 23.1 Å². The molecule has 2 aromatic heterocycles. The van der Waals surface area contributed by atoms with Crippen molar-refractivity contribution in [3.8, 4) is 0 Å². The van der Waals surface area contributed by atoms with Gasteiger partial charge in [0.1, 0.15) is 21.4 Å². The Bertz CT molecular complexity index is 1170. The van der Waals surface area contributed by atoms with E-state index in [2.05, 4.69) is 20.3 Å². The first kappa shape index (κ1) is 23.3. The second-order valence-corrected chi connectivity index (χ2v) is 7.99. The number of hydrogen-bond acceptors (Lipinski definition) is 5. The monoisotopic (exact) mass is 458 g/mol. The maximum absolute atomic E-state index is 14.3. The zero-order valence-corrected chi connectivity index (χ0v) is 18.5. The van der Waals surface area contributed by atoms with E-state index in [9.17, 15) is 18.0 Å². The molecule has 9 heteroatoms. The zero-order chi connectivity index (χ0) is 23.3. The van der Waals surface area contributed by atoms with Gasteiger partial charge in [0, 0.05) is 12.6 Å². The third-order valence-corrected chi connectivity index (χ3v) is 5.86. The molecule has 0 aliphatic rings. The SMILES string of the molecule is CCC(C)/C(=C\C(=NC)c1ccccc1F)c1ncc(NC(=O)c2c(F)cncc2F)s1. The Morgan fingerprint density at radius 2 is 1.84 bits per heavy atom. The number of pyridine rings is 1. The van der Waals surface area contributed by atoms with Gasteiger partial charge >= 0.3 is 0 Å². The maximum Gasteiger partial charge on any atom is 0.262 e. The van der Waals surface area contributed by atoms with Crippen LogP contribution < -0.4 is 5.32 Å². The van der Waals surface area contributed by atoms with Crippen LogP contribution in [-0.4, -0.2) is 28.6 Å². The van der Waals surface area contributed by atoms with Crippen molar-refractivity contribution in [3.63, 3.8) is 0 Å². The molecule has 0 aliphatic carbocycles. The van der Waals surface area contributed by atoms with E-state index >= 15 is 0 Å². The van der Waals surface area contributed by atoms with Crippen LogP contribution in [0.2, 0.25) is 0 Å². The Balaban J connectivity index is 1.93. The molecule has 0 fully saturated rings. The number of allylic oxidation sites excluding steroid dienone is 2. The summed E-state index contributed by atoms with van der Waals surface area (Å²) in [5, 5.41) is 3.37. The van der Waals surface area contributed by atoms with Crippen LogP contribution in [0.15, 0.2) is 53.9 Å². The van der Waals surface area contributed by atoms with Gasteiger partial charge in [-0.1, -0.05) is 37.3 Å². The Kier molecular flexibility index (Phi) is 7.53. The fourth-order valence-electron chi connectivity index (χ4n) is 2.98. The van der Waals surface area contributed by atoms with Gasteiger partial charge in [0.15, 0.2) is 11.6 Å². The molecule has 1 N–H and O–H groups in total. The summed E-state index contributed by atoms with van der Waals surface area (Å²) in [6, 6.07) is 6.35. The molecule has 1 atom stereocenters. The minimum atomic E-state index is -1.05. The smallest absolute Gasteiger partial charge is 0.262 e. The number of nitrogens with zero attached hydrogens (tertiary/aromatic N) is 3. The van der Waals surface area contributed by atoms with Crippen molar-refractivity contribution in [1.29, 1.82) is 0 Å². The first-order valence-electron chi connectivity index (χ1n) is 9.85. The van der Waals surface area contributed by atoms with Gasteiger partial charge in [0.05, 0.1) is 24.3 Å². The molecule has 0 radical (unpaired) electrons. The van der Waals surface area contributed by atoms with Gasteiger partial charge in [0.2, 0.25) is 0 Å². The van der Waals surface area contributed by atoms with Crippen LogP contribution in [0.1, 0.15) is 41.2 Å². The lowest BCUT2D eigenvalue weighted by Crippen LogP contribution is -2.15. The highest BCUT2D eigenvalue weighted by atomic mass is 32.1. The van der Waals surface area contributed by atoms with Crippen molar-refractivity contribution in [2.24, 2.45) is 10.9 Å². The standard InChI is InChI=1S/C23H21F3N4OS/c1-4-13(2)15(9-19(27-3)14-7-5-6-8-16(14)24)23-29-12-20(32-23)30-22(31)21-17(25)10-28-11-18(21)26/h5-13H,4H2,1-3H3,(H,30,31)/b15-9+,27-19?. The van der Waals surface area contributed by atoms with E-state index in [0.29, 0.717) is 21.3 Å². The number of carbonyl (C=O) groups is 1. The summed E-state index contributed by atoms with van der Waals surface area (Å²) in [6.45, 7) is 4.01. The Hall–Kier alpha value is -3.33. The summed E-state index contributed by atoms with van der Waals surface area (Å²) in [5.41, 5.74) is 0.917. The van der Waals surface area contributed by atoms with Crippen molar-refractivity contribution < 1.29 is 18.0 Å². The maximum atomic E-state index is 14.3. The third-order valence-electron chi connectivity index (χ3n) is 4.90. The molecular formula is C23H21F3N4OS. The topological polar surface area (TPSA) is 67.2 Å². The van der Waals surface area contributed by atoms with Gasteiger partial charge in [-0.2, -0.15) is 0 Å². The zero-order valence-electron chi connectivity index (χ0n) is 17.7. The minimum absolute atomic E-state index is 0.0586. The lowest BCUT2D eigenvalue weighted by molar-refractivity contribution is 0.101. The number of hydrogen-bond donors (Lipinski definition) is 1. The molecule has 0 bridgehead atoms. The fraction of sp³-hybridized carbons (Fsp3) is 0.217. The van der Waals surface area contributed by atoms with E-state index in [4.69, 9.17) is 0 Å². The van der Waals surface area contributed by atoms with Crippen LogP contribution in [-0.2, 0) is 0 Å². The van der Waals surface area contributed by atoms with Crippen molar-refractivity contribution in [1.82, 2.24) is 9.97 Å². The molecule has 32 heavy (non-hydrogen) atoms. The quantitative estimate of drug-likeness (QED) is 0.458. The minimum Gasteiger partial charge on any atom is -0.312 e. The molecule has 0 spiro atoms. The van der Waals surface area contributed by atoms with E-state index in [0.717, 1.165) is 35.7 Å². The molecule has 166 valence electrons. The van der Waals surface area contributed by atoms with Gasteiger partial charge < -0.3 is 5.32 Å². The van der Waals surface area contributed by atoms with Gasteiger partial charge in [-0.15, -0.1) is 0 Å². The fourth-order valence-corrected chi connectivity index (χ4v) is 3.92. The molecule has 5 nitrogen and oxygen atoms in total. The molecule has 3 aromatic rings. The first-order chi connectivity index (χ1) is 15.3. The molecule has 1 unspecified atom stereocenters. The molecule has 0 saturated heterocycles. The van der Waals surface area contributed by atoms with Crippen LogP contribution >= 0.6 is 11.3 Å². The van der Waals surface area contributed by atoms with E-state index in [1.165, 1.54) is 12.3 Å². The number of carbonyl (C=O) groups excluding carboxylic acids is 1. The van der Waals surface area contributed by atoms with Crippen LogP contribution in [0.4, 0.5) is 18.2 Å². The normalized spacial score (nSPS) is 13.2. The number of halogens is 3. The van der Waals surface area contributed by atoms with Crippen LogP contribution in [0.5, 0.6) is 0 Å². The number of aliphatic imine (C=N–C) groups is 1. The van der Waals surface area contributed by atoms with E-state index in [1.807, 2.05) is 13.8 Å². The van der Waals surface area contributed by atoms with Gasteiger partial charge in [0.25, 0.3) is 5.91 Å². The van der Waals surface area contributed by atoms with Crippen LogP contribution in [0, 0.1) is 23.4 Å². The summed E-state index contributed by atoms with van der Waals surface area (Å²) in [6.07, 6.45) is 5.52. The van der Waals surface area contributed by atoms with Gasteiger partial charge in [-0.3, -0.25) is 14.8 Å². The largest absolute Gasteiger partial charge is 0.312 e. The lowest BCUT2D eigenvalue weighted by Gasteiger charge is -2.13. The molecule has 0 saturated carbocycles. The number of amides is 1. The Morgan fingerprint density at radius 3 is 2.47 bits per heavy atom. The number of aromatic nitrogens is 2. The highest BCUT2D eigenvalue weighted by Gasteiger charge is 2.20. The highest BCUT2D eigenvalue weighted by molar-refractivity contribution is 7.16. The molecule has 2 heterocycles. The lowest BCUT2D eigenvalue weighted by atomic mass is 9.96. The summed E-state index contributed by atoms with van der Waals surface area (Å²) in [4.78, 5) is 24.3. The Labute approximate surface area is 187 Å². The second-order valence-electron chi connectivity index (χ2n) is 6.96. The number of anilines is 1. The summed E-state index contributed by atoms with van der Waals surface area (Å²) in [7, 11) is 1.58. The number of thiazole rings is 1. The van der Waals surface area contributed by atoms with Crippen molar-refractivity contribution in [3.05, 3.63) is 82.5 Å². The second kappa shape index (κ2) is 10.3. The number of rotatable bonds is 7. The Morgan fingerprint density at radius 1 is 1.16 bits per heavy atom. The van der Waals surface area contributed by atoms with Gasteiger partial charge in [-0.25, -0.2) is 18.2 Å². The molecular weight excluding hydrogens is 437 g/mol. The molecule has 0 aliphatic heterocycles. The predicted octanol–water partition coefficient (Wildman–Crippen LogP) is 5.76. The van der Waals surface area contributed by atoms with Gasteiger partial charge in [-0.05, 0) is 36.1 Å². The van der Waals surface area contributed by atoms with Crippen LogP contribution in [0.25, 0.3) is 5.57 Å². The first-order valence-corrected chi connectivity index (χ1v) is 10.7. The summed E-state index contributed by atoms with van der Waals surface area (Å²) in [5.74, 6) is -3.37. The van der Waals surface area contributed by atoms with E-state index in [-0.39, 0.29) is 11.7 Å². The van der Waals surface area contributed by atoms with Crippen LogP contribution in [0.3, 0.4) is 0 Å². The number of benzene rings is 1. The van der Waals surface area contributed by atoms with Crippen molar-refractivity contribution >= 4 is 33.5 Å². The summed E-state index contributed by atoms with van der Waals surface area (Å²) >= 11 is 1.15. The average molecular weight is 459 g/mol. The predicted molar refractivity (Wildman–Crippen MR) is 121 cm³/mol. The van der Waals surface area contributed by atoms with E-state index in [1.54, 1.807) is 31.3 Å². The van der Waals surface area contributed by atoms with Crippen molar-refractivity contribution in [2.45, 2.75) is 20.3 Å². The number of nitrogens with one attached hydrogen (secondary N) is 1.